The third kappa shape index (κ3) is 2.15. The Labute approximate surface area is 112 Å². The average Bonchev–Trinajstić information content (AvgIpc) is 2.58. The fourth-order valence-electron chi connectivity index (χ4n) is 2.18. The minimum atomic E-state index is -0.386. The van der Waals surface area contributed by atoms with Crippen LogP contribution in [0.25, 0.3) is 0 Å². The quantitative estimate of drug-likeness (QED) is 0.830. The molecular formula is C16H14N2O. The average molecular weight is 250 g/mol. The van der Waals surface area contributed by atoms with Gasteiger partial charge in [0.05, 0.1) is 11.4 Å². The van der Waals surface area contributed by atoms with Gasteiger partial charge in [0.25, 0.3) is 0 Å². The third-order valence-electron chi connectivity index (χ3n) is 3.19. The molecule has 0 spiro atoms. The number of benzodiazepines with no additional fused rings is 1. The van der Waals surface area contributed by atoms with E-state index in [1.165, 1.54) is 0 Å². The number of fused-ring (bicyclic) bond motifs is 1. The molecule has 0 radical (unpaired) electrons. The van der Waals surface area contributed by atoms with Crippen molar-refractivity contribution in [3.63, 3.8) is 0 Å². The summed E-state index contributed by atoms with van der Waals surface area (Å²) in [5, 5.41) is 2.92. The zero-order chi connectivity index (χ0) is 13.2. The Morgan fingerprint density at radius 3 is 2.47 bits per heavy atom. The highest BCUT2D eigenvalue weighted by Crippen LogP contribution is 2.23. The maximum atomic E-state index is 11.9. The van der Waals surface area contributed by atoms with Crippen LogP contribution in [0.5, 0.6) is 0 Å². The summed E-state index contributed by atoms with van der Waals surface area (Å²) in [5.74, 6) is -0.0709. The molecule has 0 saturated carbocycles. The van der Waals surface area contributed by atoms with Gasteiger partial charge in [0.1, 0.15) is 6.04 Å². The summed E-state index contributed by atoms with van der Waals surface area (Å²) in [6.45, 7) is 1.81. The zero-order valence-electron chi connectivity index (χ0n) is 10.6. The Balaban J connectivity index is 2.21. The number of hydrogen-bond acceptors (Lipinski definition) is 2. The van der Waals surface area contributed by atoms with E-state index >= 15 is 0 Å². The lowest BCUT2D eigenvalue weighted by Crippen LogP contribution is -2.22. The molecule has 0 aliphatic carbocycles. The van der Waals surface area contributed by atoms with Crippen LogP contribution in [0, 0.1) is 0 Å². The molecule has 3 rings (SSSR count). The first-order valence-corrected chi connectivity index (χ1v) is 6.29. The topological polar surface area (TPSA) is 41.5 Å². The highest BCUT2D eigenvalue weighted by molar-refractivity contribution is 6.19. The van der Waals surface area contributed by atoms with Gasteiger partial charge in [-0.05, 0) is 13.0 Å². The van der Waals surface area contributed by atoms with Crippen molar-refractivity contribution in [3.05, 3.63) is 65.7 Å². The summed E-state index contributed by atoms with van der Waals surface area (Å²) in [4.78, 5) is 16.5. The molecule has 19 heavy (non-hydrogen) atoms. The highest BCUT2D eigenvalue weighted by atomic mass is 16.2. The first kappa shape index (κ1) is 11.7. The standard InChI is InChI=1S/C16H14N2O/c1-11-16(19)18-14-10-6-5-9-13(14)15(17-11)12-7-3-2-4-8-12/h2-11H,1H3,(H,18,19)/t11-/m0/s1. The van der Waals surface area contributed by atoms with Crippen molar-refractivity contribution in [3.8, 4) is 0 Å². The third-order valence-corrected chi connectivity index (χ3v) is 3.19. The smallest absolute Gasteiger partial charge is 0.248 e. The lowest BCUT2D eigenvalue weighted by atomic mass is 10.0. The fraction of sp³-hybridized carbons (Fsp3) is 0.125. The number of aliphatic imine (C=N–C) groups is 1. The number of carbonyl (C=O) groups excluding carboxylic acids is 1. The molecule has 1 aliphatic heterocycles. The SMILES string of the molecule is C[C@@H]1N=C(c2ccccc2)c2ccccc2NC1=O. The van der Waals surface area contributed by atoms with Crippen LogP contribution in [-0.2, 0) is 4.79 Å². The number of para-hydroxylation sites is 1. The lowest BCUT2D eigenvalue weighted by Gasteiger charge is -2.09. The van der Waals surface area contributed by atoms with Crippen molar-refractivity contribution < 1.29 is 4.79 Å². The molecule has 2 aromatic rings. The normalized spacial score (nSPS) is 18.1. The number of anilines is 1. The predicted octanol–water partition coefficient (Wildman–Crippen LogP) is 2.86. The molecule has 1 N–H and O–H groups in total. The van der Waals surface area contributed by atoms with Crippen LogP contribution < -0.4 is 5.32 Å². The number of hydrogen-bond donors (Lipinski definition) is 1. The van der Waals surface area contributed by atoms with Crippen molar-refractivity contribution in [2.75, 3.05) is 5.32 Å². The first-order chi connectivity index (χ1) is 9.25. The second-order valence-corrected chi connectivity index (χ2v) is 4.55. The Kier molecular flexibility index (Phi) is 2.88. The second kappa shape index (κ2) is 4.69. The maximum absolute atomic E-state index is 11.9. The largest absolute Gasteiger partial charge is 0.324 e. The Morgan fingerprint density at radius 2 is 1.68 bits per heavy atom. The number of nitrogens with zero attached hydrogens (tertiary/aromatic N) is 1. The summed E-state index contributed by atoms with van der Waals surface area (Å²) in [6, 6.07) is 17.3. The summed E-state index contributed by atoms with van der Waals surface area (Å²) >= 11 is 0. The monoisotopic (exact) mass is 250 g/mol. The number of rotatable bonds is 1. The van der Waals surface area contributed by atoms with Gasteiger partial charge in [0.15, 0.2) is 0 Å². The lowest BCUT2D eigenvalue weighted by molar-refractivity contribution is -0.116. The van der Waals surface area contributed by atoms with Crippen LogP contribution in [0.3, 0.4) is 0 Å². The van der Waals surface area contributed by atoms with Crippen molar-refractivity contribution in [1.29, 1.82) is 0 Å². The van der Waals surface area contributed by atoms with Crippen LogP contribution in [0.1, 0.15) is 18.1 Å². The van der Waals surface area contributed by atoms with Gasteiger partial charge in [-0.25, -0.2) is 0 Å². The van der Waals surface area contributed by atoms with Gasteiger partial charge >= 0.3 is 0 Å². The second-order valence-electron chi connectivity index (χ2n) is 4.55. The van der Waals surface area contributed by atoms with E-state index in [0.29, 0.717) is 0 Å². The van der Waals surface area contributed by atoms with E-state index in [9.17, 15) is 4.79 Å². The molecule has 0 bridgehead atoms. The fourth-order valence-corrected chi connectivity index (χ4v) is 2.18. The van der Waals surface area contributed by atoms with Crippen molar-refractivity contribution in [1.82, 2.24) is 0 Å². The maximum Gasteiger partial charge on any atom is 0.248 e. The van der Waals surface area contributed by atoms with Gasteiger partial charge in [-0.2, -0.15) is 0 Å². The molecule has 3 nitrogen and oxygen atoms in total. The van der Waals surface area contributed by atoms with Gasteiger partial charge in [0, 0.05) is 11.1 Å². The molecule has 0 fully saturated rings. The van der Waals surface area contributed by atoms with E-state index in [-0.39, 0.29) is 11.9 Å². The van der Waals surface area contributed by atoms with Gasteiger partial charge in [0.2, 0.25) is 5.91 Å². The van der Waals surface area contributed by atoms with E-state index < -0.39 is 0 Å². The minimum absolute atomic E-state index is 0.0709. The van der Waals surface area contributed by atoms with E-state index in [0.717, 1.165) is 22.5 Å². The number of benzene rings is 2. The van der Waals surface area contributed by atoms with Gasteiger partial charge < -0.3 is 5.32 Å². The van der Waals surface area contributed by atoms with E-state index in [4.69, 9.17) is 0 Å². The molecular weight excluding hydrogens is 236 g/mol. The van der Waals surface area contributed by atoms with E-state index in [1.807, 2.05) is 61.5 Å². The Morgan fingerprint density at radius 1 is 1.00 bits per heavy atom. The van der Waals surface area contributed by atoms with Crippen LogP contribution in [-0.4, -0.2) is 17.7 Å². The summed E-state index contributed by atoms with van der Waals surface area (Å²) < 4.78 is 0. The Bertz CT molecular complexity index is 647. The van der Waals surface area contributed by atoms with Crippen LogP contribution >= 0.6 is 0 Å². The predicted molar refractivity (Wildman–Crippen MR) is 76.6 cm³/mol. The Hall–Kier alpha value is -2.42. The van der Waals surface area contributed by atoms with Crippen molar-refractivity contribution in [2.24, 2.45) is 4.99 Å². The summed E-state index contributed by atoms with van der Waals surface area (Å²) in [5.41, 5.74) is 3.67. The zero-order valence-corrected chi connectivity index (χ0v) is 10.6. The van der Waals surface area contributed by atoms with Gasteiger partial charge in [-0.15, -0.1) is 0 Å². The molecule has 1 atom stereocenters. The summed E-state index contributed by atoms with van der Waals surface area (Å²) in [7, 11) is 0. The highest BCUT2D eigenvalue weighted by Gasteiger charge is 2.21. The molecule has 94 valence electrons. The molecule has 0 saturated heterocycles. The van der Waals surface area contributed by atoms with Crippen LogP contribution in [0.2, 0.25) is 0 Å². The van der Waals surface area contributed by atoms with E-state index in [1.54, 1.807) is 0 Å². The minimum Gasteiger partial charge on any atom is -0.324 e. The van der Waals surface area contributed by atoms with Crippen molar-refractivity contribution in [2.45, 2.75) is 13.0 Å². The number of nitrogens with one attached hydrogen (secondary N) is 1. The molecule has 0 unspecified atom stereocenters. The van der Waals surface area contributed by atoms with Gasteiger partial charge in [-0.3, -0.25) is 9.79 Å². The molecule has 2 aromatic carbocycles. The van der Waals surface area contributed by atoms with E-state index in [2.05, 4.69) is 10.3 Å². The van der Waals surface area contributed by atoms with Crippen LogP contribution in [0.15, 0.2) is 59.6 Å². The number of carbonyl (C=O) groups is 1. The summed E-state index contributed by atoms with van der Waals surface area (Å²) in [6.07, 6.45) is 0. The first-order valence-electron chi connectivity index (χ1n) is 6.29. The molecule has 1 amide bonds. The molecule has 0 aromatic heterocycles. The molecule has 1 heterocycles. The molecule has 3 heteroatoms. The van der Waals surface area contributed by atoms with Gasteiger partial charge in [-0.1, -0.05) is 48.5 Å². The van der Waals surface area contributed by atoms with Crippen LogP contribution in [0.4, 0.5) is 5.69 Å². The van der Waals surface area contributed by atoms with Crippen molar-refractivity contribution >= 4 is 17.3 Å². The number of amides is 1. The molecule has 1 aliphatic rings.